The summed E-state index contributed by atoms with van der Waals surface area (Å²) < 4.78 is 28.2. The number of rotatable bonds is 5. The number of aryl methyl sites for hydroxylation is 1. The molecule has 9 heteroatoms. The minimum absolute atomic E-state index is 0.00449. The zero-order chi connectivity index (χ0) is 21.0. The lowest BCUT2D eigenvalue weighted by atomic mass is 10.1. The molecule has 1 amide bonds. The number of esters is 1. The van der Waals surface area contributed by atoms with Crippen LogP contribution < -0.4 is 5.32 Å². The Kier molecular flexibility index (Phi) is 6.35. The van der Waals surface area contributed by atoms with Crippen LogP contribution in [0.15, 0.2) is 29.2 Å². The molecule has 0 saturated heterocycles. The second-order valence-electron chi connectivity index (χ2n) is 6.80. The second kappa shape index (κ2) is 8.76. The largest absolute Gasteiger partial charge is 0.452 e. The number of ether oxygens (including phenoxy) is 1. The number of hydrogen-bond acceptors (Lipinski definition) is 7. The Morgan fingerprint density at radius 1 is 1.24 bits per heavy atom. The van der Waals surface area contributed by atoms with Gasteiger partial charge in [0.1, 0.15) is 11.1 Å². The Bertz CT molecular complexity index is 1100. The molecule has 0 atom stereocenters. The molecule has 29 heavy (non-hydrogen) atoms. The van der Waals surface area contributed by atoms with Gasteiger partial charge in [0.25, 0.3) is 5.91 Å². The van der Waals surface area contributed by atoms with Crippen molar-refractivity contribution in [2.45, 2.75) is 37.0 Å². The SMILES string of the molecule is CS(=O)(=O)c1cccc(C(=O)OCC(=O)Nc2sc3c(c2C#N)CCCCC3)c1. The van der Waals surface area contributed by atoms with Crippen molar-refractivity contribution in [2.75, 3.05) is 18.2 Å². The Hall–Kier alpha value is -2.70. The monoisotopic (exact) mass is 432 g/mol. The fourth-order valence-corrected chi connectivity index (χ4v) is 5.10. The van der Waals surface area contributed by atoms with Crippen LogP contribution in [0.25, 0.3) is 0 Å². The summed E-state index contributed by atoms with van der Waals surface area (Å²) in [5.41, 5.74) is 1.55. The molecule has 0 saturated carbocycles. The molecule has 0 radical (unpaired) electrons. The lowest BCUT2D eigenvalue weighted by Gasteiger charge is -2.07. The number of fused-ring (bicyclic) bond motifs is 1. The molecular formula is C20H20N2O5S2. The number of anilines is 1. The summed E-state index contributed by atoms with van der Waals surface area (Å²) in [6.07, 6.45) is 5.99. The Labute approximate surface area is 173 Å². The van der Waals surface area contributed by atoms with Crippen molar-refractivity contribution in [3.63, 3.8) is 0 Å². The van der Waals surface area contributed by atoms with E-state index in [1.54, 1.807) is 0 Å². The van der Waals surface area contributed by atoms with Crippen molar-refractivity contribution >= 4 is 38.1 Å². The number of amides is 1. The molecule has 0 fully saturated rings. The quantitative estimate of drug-likeness (QED) is 0.574. The number of carbonyl (C=O) groups is 2. The first kappa shape index (κ1) is 21.0. The molecular weight excluding hydrogens is 412 g/mol. The van der Waals surface area contributed by atoms with E-state index in [0.717, 1.165) is 48.8 Å². The second-order valence-corrected chi connectivity index (χ2v) is 9.93. The van der Waals surface area contributed by atoms with E-state index < -0.39 is 28.3 Å². The van der Waals surface area contributed by atoms with E-state index in [-0.39, 0.29) is 10.5 Å². The molecule has 152 valence electrons. The number of nitrogens with zero attached hydrogens (tertiary/aromatic N) is 1. The predicted octanol–water partition coefficient (Wildman–Crippen LogP) is 3.09. The van der Waals surface area contributed by atoms with Gasteiger partial charge >= 0.3 is 5.97 Å². The average Bonchev–Trinajstić information content (AvgIpc) is 2.84. The van der Waals surface area contributed by atoms with Gasteiger partial charge in [0.2, 0.25) is 0 Å². The van der Waals surface area contributed by atoms with Crippen molar-refractivity contribution in [1.82, 2.24) is 0 Å². The van der Waals surface area contributed by atoms with Gasteiger partial charge in [0.15, 0.2) is 16.4 Å². The van der Waals surface area contributed by atoms with Crippen LogP contribution in [0.2, 0.25) is 0 Å². The van der Waals surface area contributed by atoms with E-state index >= 15 is 0 Å². The van der Waals surface area contributed by atoms with Gasteiger partial charge in [-0.15, -0.1) is 11.3 Å². The van der Waals surface area contributed by atoms with Gasteiger partial charge in [0, 0.05) is 11.1 Å². The van der Waals surface area contributed by atoms with Crippen LogP contribution in [0, 0.1) is 11.3 Å². The summed E-state index contributed by atoms with van der Waals surface area (Å²) in [4.78, 5) is 25.5. The molecule has 0 aliphatic heterocycles. The topological polar surface area (TPSA) is 113 Å². The number of sulfone groups is 1. The van der Waals surface area contributed by atoms with Gasteiger partial charge in [-0.05, 0) is 49.4 Å². The maximum Gasteiger partial charge on any atom is 0.338 e. The highest BCUT2D eigenvalue weighted by Crippen LogP contribution is 2.36. The van der Waals surface area contributed by atoms with E-state index in [4.69, 9.17) is 4.74 Å². The minimum Gasteiger partial charge on any atom is -0.452 e. The minimum atomic E-state index is -3.46. The average molecular weight is 433 g/mol. The van der Waals surface area contributed by atoms with E-state index in [1.807, 2.05) is 0 Å². The molecule has 1 aromatic carbocycles. The third kappa shape index (κ3) is 5.02. The van der Waals surface area contributed by atoms with Crippen LogP contribution in [-0.2, 0) is 32.2 Å². The molecule has 1 aromatic heterocycles. The predicted molar refractivity (Wildman–Crippen MR) is 109 cm³/mol. The highest BCUT2D eigenvalue weighted by molar-refractivity contribution is 7.90. The van der Waals surface area contributed by atoms with Crippen LogP contribution >= 0.6 is 11.3 Å². The summed E-state index contributed by atoms with van der Waals surface area (Å²) in [6, 6.07) is 7.62. The zero-order valence-electron chi connectivity index (χ0n) is 15.9. The summed E-state index contributed by atoms with van der Waals surface area (Å²) in [5.74, 6) is -1.35. The first-order valence-electron chi connectivity index (χ1n) is 9.11. The highest BCUT2D eigenvalue weighted by Gasteiger charge is 2.21. The third-order valence-electron chi connectivity index (χ3n) is 4.62. The van der Waals surface area contributed by atoms with Crippen LogP contribution in [-0.4, -0.2) is 33.2 Å². The van der Waals surface area contributed by atoms with E-state index in [9.17, 15) is 23.3 Å². The van der Waals surface area contributed by atoms with Crippen molar-refractivity contribution in [2.24, 2.45) is 0 Å². The molecule has 0 unspecified atom stereocenters. The zero-order valence-corrected chi connectivity index (χ0v) is 17.5. The van der Waals surface area contributed by atoms with Gasteiger partial charge < -0.3 is 10.1 Å². The number of benzene rings is 1. The van der Waals surface area contributed by atoms with E-state index in [2.05, 4.69) is 11.4 Å². The fourth-order valence-electron chi connectivity index (χ4n) is 3.18. The number of nitrogens with one attached hydrogen (secondary N) is 1. The number of carbonyl (C=O) groups excluding carboxylic acids is 2. The fraction of sp³-hybridized carbons (Fsp3) is 0.350. The lowest BCUT2D eigenvalue weighted by Crippen LogP contribution is -2.21. The van der Waals surface area contributed by atoms with Gasteiger partial charge in [0.05, 0.1) is 16.0 Å². The summed E-state index contributed by atoms with van der Waals surface area (Å²) in [7, 11) is -3.46. The summed E-state index contributed by atoms with van der Waals surface area (Å²) in [5, 5.41) is 12.6. The van der Waals surface area contributed by atoms with Crippen molar-refractivity contribution in [1.29, 1.82) is 5.26 Å². The molecule has 1 aliphatic rings. The van der Waals surface area contributed by atoms with Gasteiger partial charge in [-0.1, -0.05) is 12.5 Å². The maximum atomic E-state index is 12.2. The summed E-state index contributed by atoms with van der Waals surface area (Å²) in [6.45, 7) is -0.532. The van der Waals surface area contributed by atoms with E-state index in [0.29, 0.717) is 10.6 Å². The smallest absolute Gasteiger partial charge is 0.338 e. The van der Waals surface area contributed by atoms with Crippen LogP contribution in [0.4, 0.5) is 5.00 Å². The van der Waals surface area contributed by atoms with Crippen molar-refractivity contribution < 1.29 is 22.7 Å². The maximum absolute atomic E-state index is 12.2. The molecule has 1 heterocycles. The molecule has 2 aromatic rings. The van der Waals surface area contributed by atoms with Gasteiger partial charge in [-0.3, -0.25) is 4.79 Å². The van der Waals surface area contributed by atoms with Crippen molar-refractivity contribution in [3.05, 3.63) is 45.8 Å². The van der Waals surface area contributed by atoms with Gasteiger partial charge in [-0.25, -0.2) is 13.2 Å². The van der Waals surface area contributed by atoms with Crippen LogP contribution in [0.3, 0.4) is 0 Å². The highest BCUT2D eigenvalue weighted by atomic mass is 32.2. The molecule has 0 spiro atoms. The number of hydrogen-bond donors (Lipinski definition) is 1. The Morgan fingerprint density at radius 2 is 2.00 bits per heavy atom. The van der Waals surface area contributed by atoms with Gasteiger partial charge in [-0.2, -0.15) is 5.26 Å². The van der Waals surface area contributed by atoms with Crippen molar-refractivity contribution in [3.8, 4) is 6.07 Å². The van der Waals surface area contributed by atoms with Crippen LogP contribution in [0.1, 0.15) is 45.6 Å². The van der Waals surface area contributed by atoms with E-state index in [1.165, 1.54) is 35.6 Å². The molecule has 1 aliphatic carbocycles. The standard InChI is InChI=1S/C20H20N2O5S2/c1-29(25,26)14-7-5-6-13(10-14)20(24)27-12-18(23)22-19-16(11-21)15-8-3-2-4-9-17(15)28-19/h5-7,10H,2-4,8-9,12H2,1H3,(H,22,23). The first-order chi connectivity index (χ1) is 13.8. The lowest BCUT2D eigenvalue weighted by molar-refractivity contribution is -0.119. The molecule has 0 bridgehead atoms. The molecule has 3 rings (SSSR count). The summed E-state index contributed by atoms with van der Waals surface area (Å²) >= 11 is 1.40. The van der Waals surface area contributed by atoms with Crippen LogP contribution in [0.5, 0.6) is 0 Å². The first-order valence-corrected chi connectivity index (χ1v) is 11.8. The molecule has 7 nitrogen and oxygen atoms in total. The Balaban J connectivity index is 1.65. The molecule has 1 N–H and O–H groups in total. The normalized spacial score (nSPS) is 13.7. The third-order valence-corrected chi connectivity index (χ3v) is 6.94. The number of thiophene rings is 1. The Morgan fingerprint density at radius 3 is 2.72 bits per heavy atom. The number of nitriles is 1.